The van der Waals surface area contributed by atoms with Crippen molar-refractivity contribution in [1.29, 1.82) is 0 Å². The van der Waals surface area contributed by atoms with E-state index in [4.69, 9.17) is 4.74 Å². The SMILES string of the molecule is CNC[C@@H]1CCC2C3CC=C4C=C(OC)CC[C@]4(C)C3=CC[C@@]21O. The number of hydrogen-bond acceptors (Lipinski definition) is 3. The highest BCUT2D eigenvalue weighted by atomic mass is 16.5. The number of ether oxygens (including phenoxy) is 1. The summed E-state index contributed by atoms with van der Waals surface area (Å²) >= 11 is 0. The Balaban J connectivity index is 1.69. The van der Waals surface area contributed by atoms with Crippen molar-refractivity contribution in [3.05, 3.63) is 35.1 Å². The first-order chi connectivity index (χ1) is 11.5. The molecule has 0 radical (unpaired) electrons. The fourth-order valence-electron chi connectivity index (χ4n) is 6.08. The van der Waals surface area contributed by atoms with Gasteiger partial charge in [0, 0.05) is 24.3 Å². The standard InChI is InChI=1S/C21H31NO2/c1-20-10-8-16(24-3)12-14(20)4-6-17-18(20)9-11-21(23)15(13-22-2)5-7-19(17)21/h4,9,12,15,17,19,22-23H,5-8,10-11,13H2,1-3H3/t15-,17?,19?,20-,21-/m0/s1. The molecule has 0 bridgehead atoms. The fourth-order valence-corrected chi connectivity index (χ4v) is 6.08. The smallest absolute Gasteiger partial charge is 0.0958 e. The van der Waals surface area contributed by atoms with Crippen LogP contribution in [0.4, 0.5) is 0 Å². The molecule has 5 atom stereocenters. The number of methoxy groups -OCH3 is 1. The second-order valence-corrected chi connectivity index (χ2v) is 8.44. The first-order valence-electron chi connectivity index (χ1n) is 9.55. The van der Waals surface area contributed by atoms with Gasteiger partial charge in [-0.2, -0.15) is 0 Å². The molecule has 2 N–H and O–H groups in total. The Morgan fingerprint density at radius 2 is 2.17 bits per heavy atom. The highest BCUT2D eigenvalue weighted by molar-refractivity contribution is 5.45. The van der Waals surface area contributed by atoms with E-state index in [9.17, 15) is 5.11 Å². The number of hydrogen-bond donors (Lipinski definition) is 2. The summed E-state index contributed by atoms with van der Waals surface area (Å²) in [6.07, 6.45) is 13.5. The molecule has 0 spiro atoms. The summed E-state index contributed by atoms with van der Waals surface area (Å²) in [4.78, 5) is 0. The molecule has 0 aliphatic heterocycles. The van der Waals surface area contributed by atoms with Crippen LogP contribution >= 0.6 is 0 Å². The largest absolute Gasteiger partial charge is 0.501 e. The zero-order valence-corrected chi connectivity index (χ0v) is 15.3. The molecule has 0 aromatic rings. The van der Waals surface area contributed by atoms with E-state index >= 15 is 0 Å². The van der Waals surface area contributed by atoms with Gasteiger partial charge in [0.15, 0.2) is 0 Å². The lowest BCUT2D eigenvalue weighted by Gasteiger charge is -2.51. The quantitative estimate of drug-likeness (QED) is 0.778. The molecule has 4 aliphatic carbocycles. The Labute approximate surface area is 145 Å². The van der Waals surface area contributed by atoms with Gasteiger partial charge in [0.1, 0.15) is 0 Å². The van der Waals surface area contributed by atoms with Crippen molar-refractivity contribution in [3.8, 4) is 0 Å². The van der Waals surface area contributed by atoms with Gasteiger partial charge < -0.3 is 15.2 Å². The Morgan fingerprint density at radius 3 is 2.92 bits per heavy atom. The minimum absolute atomic E-state index is 0.146. The van der Waals surface area contributed by atoms with Crippen molar-refractivity contribution >= 4 is 0 Å². The molecule has 4 aliphatic rings. The summed E-state index contributed by atoms with van der Waals surface area (Å²) < 4.78 is 5.50. The molecule has 0 aromatic heterocycles. The van der Waals surface area contributed by atoms with Crippen molar-refractivity contribution in [2.75, 3.05) is 20.7 Å². The molecule has 0 amide bonds. The topological polar surface area (TPSA) is 41.5 Å². The van der Waals surface area contributed by atoms with Gasteiger partial charge >= 0.3 is 0 Å². The summed E-state index contributed by atoms with van der Waals surface area (Å²) in [5.74, 6) is 2.46. The highest BCUT2D eigenvalue weighted by Crippen LogP contribution is 2.60. The average molecular weight is 329 g/mol. The van der Waals surface area contributed by atoms with Gasteiger partial charge in [-0.05, 0) is 62.6 Å². The lowest BCUT2D eigenvalue weighted by molar-refractivity contribution is -0.0570. The lowest BCUT2D eigenvalue weighted by atomic mass is 9.55. The van der Waals surface area contributed by atoms with Crippen LogP contribution in [-0.2, 0) is 4.74 Å². The molecule has 1 saturated carbocycles. The van der Waals surface area contributed by atoms with Crippen molar-refractivity contribution in [2.24, 2.45) is 23.2 Å². The second-order valence-electron chi connectivity index (χ2n) is 8.44. The maximum atomic E-state index is 11.5. The molecule has 0 heterocycles. The van der Waals surface area contributed by atoms with E-state index in [1.807, 2.05) is 7.05 Å². The summed E-state index contributed by atoms with van der Waals surface area (Å²) in [5.41, 5.74) is 2.68. The van der Waals surface area contributed by atoms with Crippen LogP contribution in [0.15, 0.2) is 35.1 Å². The van der Waals surface area contributed by atoms with E-state index in [1.54, 1.807) is 12.7 Å². The minimum Gasteiger partial charge on any atom is -0.501 e. The Bertz CT molecular complexity index is 619. The molecule has 2 unspecified atom stereocenters. The Morgan fingerprint density at radius 1 is 1.33 bits per heavy atom. The van der Waals surface area contributed by atoms with Gasteiger partial charge in [0.25, 0.3) is 0 Å². The highest BCUT2D eigenvalue weighted by Gasteiger charge is 2.56. The van der Waals surface area contributed by atoms with Crippen LogP contribution in [0.2, 0.25) is 0 Å². The van der Waals surface area contributed by atoms with Crippen LogP contribution in [0, 0.1) is 23.2 Å². The van der Waals surface area contributed by atoms with Gasteiger partial charge in [0.2, 0.25) is 0 Å². The van der Waals surface area contributed by atoms with Crippen LogP contribution in [0.5, 0.6) is 0 Å². The predicted octanol–water partition coefficient (Wildman–Crippen LogP) is 3.57. The van der Waals surface area contributed by atoms with E-state index in [2.05, 4.69) is 30.5 Å². The summed E-state index contributed by atoms with van der Waals surface area (Å²) in [5, 5.41) is 14.8. The summed E-state index contributed by atoms with van der Waals surface area (Å²) in [7, 11) is 3.78. The third kappa shape index (κ3) is 2.17. The van der Waals surface area contributed by atoms with E-state index < -0.39 is 5.60 Å². The molecular weight excluding hydrogens is 298 g/mol. The summed E-state index contributed by atoms with van der Waals surface area (Å²) in [6, 6.07) is 0. The maximum Gasteiger partial charge on any atom is 0.0958 e. The van der Waals surface area contributed by atoms with E-state index in [0.29, 0.717) is 17.8 Å². The van der Waals surface area contributed by atoms with Gasteiger partial charge in [-0.25, -0.2) is 0 Å². The number of fused-ring (bicyclic) bond motifs is 5. The second kappa shape index (κ2) is 5.74. The Kier molecular flexibility index (Phi) is 3.92. The third-order valence-corrected chi connectivity index (χ3v) is 7.48. The third-order valence-electron chi connectivity index (χ3n) is 7.48. The van der Waals surface area contributed by atoms with Crippen LogP contribution < -0.4 is 5.32 Å². The van der Waals surface area contributed by atoms with Crippen molar-refractivity contribution < 1.29 is 9.84 Å². The molecule has 4 rings (SSSR count). The predicted molar refractivity (Wildman–Crippen MR) is 96.4 cm³/mol. The fraction of sp³-hybridized carbons (Fsp3) is 0.714. The molecule has 24 heavy (non-hydrogen) atoms. The number of nitrogens with one attached hydrogen (secondary N) is 1. The van der Waals surface area contributed by atoms with E-state index in [-0.39, 0.29) is 5.41 Å². The van der Waals surface area contributed by atoms with Gasteiger partial charge in [-0.3, -0.25) is 0 Å². The lowest BCUT2D eigenvalue weighted by Crippen LogP contribution is -2.50. The van der Waals surface area contributed by atoms with Gasteiger partial charge in [0.05, 0.1) is 18.5 Å². The van der Waals surface area contributed by atoms with Crippen molar-refractivity contribution in [1.82, 2.24) is 5.32 Å². The number of allylic oxidation sites excluding steroid dienone is 5. The van der Waals surface area contributed by atoms with Crippen LogP contribution in [0.1, 0.15) is 45.4 Å². The number of rotatable bonds is 3. The van der Waals surface area contributed by atoms with Crippen molar-refractivity contribution in [3.63, 3.8) is 0 Å². The van der Waals surface area contributed by atoms with Crippen LogP contribution in [-0.4, -0.2) is 31.4 Å². The van der Waals surface area contributed by atoms with Gasteiger partial charge in [-0.1, -0.05) is 24.6 Å². The molecule has 0 aromatic carbocycles. The zero-order valence-electron chi connectivity index (χ0n) is 15.3. The zero-order chi connectivity index (χ0) is 16.9. The normalized spacial score (nSPS) is 43.8. The first-order valence-corrected chi connectivity index (χ1v) is 9.55. The summed E-state index contributed by atoms with van der Waals surface area (Å²) in [6.45, 7) is 3.34. The van der Waals surface area contributed by atoms with E-state index in [1.165, 1.54) is 12.0 Å². The monoisotopic (exact) mass is 329 g/mol. The first kappa shape index (κ1) is 16.4. The Hall–Kier alpha value is -1.06. The molecule has 0 saturated heterocycles. The van der Waals surface area contributed by atoms with Crippen molar-refractivity contribution in [2.45, 2.75) is 51.0 Å². The molecule has 3 heteroatoms. The molecular formula is C21H31NO2. The van der Waals surface area contributed by atoms with Gasteiger partial charge in [-0.15, -0.1) is 0 Å². The molecule has 1 fully saturated rings. The van der Waals surface area contributed by atoms with E-state index in [0.717, 1.165) is 44.4 Å². The molecule has 3 nitrogen and oxygen atoms in total. The molecule has 132 valence electrons. The average Bonchev–Trinajstić information content (AvgIpc) is 2.91. The minimum atomic E-state index is -0.499. The maximum absolute atomic E-state index is 11.5. The number of aliphatic hydroxyl groups is 1. The van der Waals surface area contributed by atoms with Crippen LogP contribution in [0.25, 0.3) is 0 Å². The van der Waals surface area contributed by atoms with Crippen LogP contribution in [0.3, 0.4) is 0 Å².